The molecule has 3 rings (SSSR count). The lowest BCUT2D eigenvalue weighted by Crippen LogP contribution is -2.67. The van der Waals surface area contributed by atoms with E-state index in [0.717, 1.165) is 24.0 Å². The summed E-state index contributed by atoms with van der Waals surface area (Å²) in [5, 5.41) is 7.12. The molecule has 30 heavy (non-hydrogen) atoms. The normalized spacial score (nSPS) is 20.4. The molecule has 0 aromatic carbocycles. The number of hydrogen-bond donors (Lipinski definition) is 1. The summed E-state index contributed by atoms with van der Waals surface area (Å²) in [6.07, 6.45) is 0.601. The first-order valence-corrected chi connectivity index (χ1v) is 9.67. The highest BCUT2D eigenvalue weighted by atomic mass is 19.4. The second-order valence-corrected chi connectivity index (χ2v) is 7.98. The Morgan fingerprint density at radius 3 is 2.53 bits per heavy atom. The summed E-state index contributed by atoms with van der Waals surface area (Å²) in [6.45, 7) is 8.62. The molecule has 10 heteroatoms. The van der Waals surface area contributed by atoms with Crippen molar-refractivity contribution in [1.82, 2.24) is 9.88 Å². The number of halogens is 3. The Hall–Kier alpha value is -2.20. The van der Waals surface area contributed by atoms with E-state index in [1.54, 1.807) is 0 Å². The molecule has 3 heterocycles. The third kappa shape index (κ3) is 6.66. The monoisotopic (exact) mass is 432 g/mol. The summed E-state index contributed by atoms with van der Waals surface area (Å²) in [6, 6.07) is 2.11. The van der Waals surface area contributed by atoms with Crippen LogP contribution in [0.5, 0.6) is 0 Å². The number of carboxylic acids is 1. The number of nitrogens with zero attached hydrogens (tertiary/aromatic N) is 2. The molecule has 0 bridgehead atoms. The van der Waals surface area contributed by atoms with E-state index in [2.05, 4.69) is 11.1 Å². The molecule has 1 atom stereocenters. The van der Waals surface area contributed by atoms with Crippen molar-refractivity contribution < 1.29 is 37.3 Å². The average molecular weight is 432 g/mol. The molecule has 2 saturated heterocycles. The fourth-order valence-corrected chi connectivity index (χ4v) is 3.43. The lowest BCUT2D eigenvalue weighted by Gasteiger charge is -2.53. The van der Waals surface area contributed by atoms with E-state index in [-0.39, 0.29) is 23.5 Å². The largest absolute Gasteiger partial charge is 0.490 e. The van der Waals surface area contributed by atoms with Gasteiger partial charge in [0.05, 0.1) is 25.8 Å². The second kappa shape index (κ2) is 9.74. The van der Waals surface area contributed by atoms with Crippen LogP contribution in [-0.4, -0.2) is 64.4 Å². The molecule has 1 spiro atoms. The van der Waals surface area contributed by atoms with E-state index in [1.165, 1.54) is 0 Å². The van der Waals surface area contributed by atoms with Crippen LogP contribution in [-0.2, 0) is 25.7 Å². The van der Waals surface area contributed by atoms with Crippen LogP contribution < -0.4 is 0 Å². The number of rotatable bonds is 4. The summed E-state index contributed by atoms with van der Waals surface area (Å²) < 4.78 is 43.8. The number of ether oxygens (including phenoxy) is 2. The van der Waals surface area contributed by atoms with Crippen molar-refractivity contribution in [2.24, 2.45) is 5.92 Å². The summed E-state index contributed by atoms with van der Waals surface area (Å²) in [5.74, 6) is -2.49. The van der Waals surface area contributed by atoms with Crippen LogP contribution in [0.4, 0.5) is 13.2 Å². The number of aryl methyl sites for hydroxylation is 1. The van der Waals surface area contributed by atoms with Crippen LogP contribution in [0.15, 0.2) is 18.5 Å². The minimum absolute atomic E-state index is 0.0526. The van der Waals surface area contributed by atoms with Gasteiger partial charge < -0.3 is 19.5 Å². The highest BCUT2D eigenvalue weighted by Crippen LogP contribution is 2.36. The zero-order valence-corrected chi connectivity index (χ0v) is 17.2. The maximum absolute atomic E-state index is 12.0. The predicted molar refractivity (Wildman–Crippen MR) is 101 cm³/mol. The van der Waals surface area contributed by atoms with Crippen molar-refractivity contribution in [2.75, 3.05) is 19.7 Å². The van der Waals surface area contributed by atoms with Gasteiger partial charge >= 0.3 is 12.1 Å². The average Bonchev–Trinajstić information content (AvgIpc) is 2.64. The molecular weight excluding hydrogens is 405 g/mol. The number of carbonyl (C=O) groups excluding carboxylic acids is 1. The first kappa shape index (κ1) is 24.1. The van der Waals surface area contributed by atoms with Crippen molar-refractivity contribution in [2.45, 2.75) is 58.1 Å². The van der Waals surface area contributed by atoms with Crippen LogP contribution >= 0.6 is 0 Å². The molecule has 0 aliphatic carbocycles. The van der Waals surface area contributed by atoms with Gasteiger partial charge in [-0.1, -0.05) is 19.9 Å². The highest BCUT2D eigenvalue weighted by molar-refractivity contribution is 5.79. The van der Waals surface area contributed by atoms with Gasteiger partial charge in [0.15, 0.2) is 0 Å². The molecule has 7 nitrogen and oxygen atoms in total. The Kier molecular flexibility index (Phi) is 7.81. The molecule has 1 aromatic heterocycles. The Bertz CT molecular complexity index is 748. The molecule has 1 aromatic rings. The van der Waals surface area contributed by atoms with Crippen molar-refractivity contribution in [3.63, 3.8) is 0 Å². The fraction of sp³-hybridized carbons (Fsp3) is 0.650. The van der Waals surface area contributed by atoms with Crippen molar-refractivity contribution >= 4 is 11.9 Å². The quantitative estimate of drug-likeness (QED) is 0.787. The number of carboxylic acid groups (broad SMARTS) is 1. The van der Waals surface area contributed by atoms with Gasteiger partial charge in [0.1, 0.15) is 5.60 Å². The van der Waals surface area contributed by atoms with Crippen LogP contribution in [0.2, 0.25) is 0 Å². The van der Waals surface area contributed by atoms with Gasteiger partial charge in [-0.3, -0.25) is 9.78 Å². The van der Waals surface area contributed by atoms with Crippen LogP contribution in [0.3, 0.4) is 0 Å². The molecule has 1 unspecified atom stereocenters. The zero-order valence-electron chi connectivity index (χ0n) is 17.2. The number of aromatic nitrogens is 1. The topological polar surface area (TPSA) is 89.0 Å². The van der Waals surface area contributed by atoms with Crippen LogP contribution in [0.1, 0.15) is 37.8 Å². The Morgan fingerprint density at radius 2 is 2.00 bits per heavy atom. The third-order valence-corrected chi connectivity index (χ3v) is 4.87. The molecule has 0 radical (unpaired) electrons. The standard InChI is InChI=1S/C18H26N2O3.C2HF3O2/c1-13(2)17(21)20-11-18(12-20)7-16(4-5-23-18)22-10-15-6-14(3)8-19-9-15;3-2(4,5)1(6)7/h6,8-9,13,16H,4-5,7,10-12H2,1-3H3;(H,6,7). The first-order chi connectivity index (χ1) is 13.9. The maximum Gasteiger partial charge on any atom is 0.490 e. The lowest BCUT2D eigenvalue weighted by atomic mass is 9.84. The maximum atomic E-state index is 12.0. The molecule has 2 fully saturated rings. The predicted octanol–water partition coefficient (Wildman–Crippen LogP) is 2.96. The smallest absolute Gasteiger partial charge is 0.475 e. The third-order valence-electron chi connectivity index (χ3n) is 4.87. The molecule has 2 aliphatic rings. The second-order valence-electron chi connectivity index (χ2n) is 7.98. The minimum Gasteiger partial charge on any atom is -0.475 e. The van der Waals surface area contributed by atoms with Crippen molar-refractivity contribution in [3.05, 3.63) is 29.6 Å². The number of hydrogen-bond acceptors (Lipinski definition) is 5. The summed E-state index contributed by atoms with van der Waals surface area (Å²) in [4.78, 5) is 27.0. The SMILES string of the molecule is Cc1cncc(COC2CCOC3(C2)CN(C(=O)C(C)C)C3)c1.O=C(O)C(F)(F)F. The summed E-state index contributed by atoms with van der Waals surface area (Å²) in [5.41, 5.74) is 2.07. The Balaban J connectivity index is 0.000000396. The number of amides is 1. The van der Waals surface area contributed by atoms with Gasteiger partial charge in [0.2, 0.25) is 5.91 Å². The zero-order chi connectivity index (χ0) is 22.5. The van der Waals surface area contributed by atoms with Crippen LogP contribution in [0, 0.1) is 12.8 Å². The van der Waals surface area contributed by atoms with Gasteiger partial charge in [0, 0.05) is 31.3 Å². The van der Waals surface area contributed by atoms with Gasteiger partial charge in [-0.05, 0) is 24.5 Å². The molecule has 168 valence electrons. The van der Waals surface area contributed by atoms with E-state index >= 15 is 0 Å². The number of carbonyl (C=O) groups is 2. The van der Waals surface area contributed by atoms with Gasteiger partial charge in [-0.2, -0.15) is 13.2 Å². The van der Waals surface area contributed by atoms with E-state index < -0.39 is 12.1 Å². The first-order valence-electron chi connectivity index (χ1n) is 9.67. The Labute approximate surface area is 173 Å². The van der Waals surface area contributed by atoms with E-state index in [1.807, 2.05) is 38.1 Å². The van der Waals surface area contributed by atoms with Gasteiger partial charge in [-0.15, -0.1) is 0 Å². The van der Waals surface area contributed by atoms with Crippen molar-refractivity contribution in [1.29, 1.82) is 0 Å². The molecule has 2 aliphatic heterocycles. The summed E-state index contributed by atoms with van der Waals surface area (Å²) in [7, 11) is 0. The van der Waals surface area contributed by atoms with Gasteiger partial charge in [0.25, 0.3) is 0 Å². The number of aliphatic carboxylic acids is 1. The fourth-order valence-electron chi connectivity index (χ4n) is 3.43. The summed E-state index contributed by atoms with van der Waals surface area (Å²) >= 11 is 0. The van der Waals surface area contributed by atoms with Gasteiger partial charge in [-0.25, -0.2) is 4.79 Å². The van der Waals surface area contributed by atoms with E-state index in [4.69, 9.17) is 19.4 Å². The Morgan fingerprint density at radius 1 is 1.37 bits per heavy atom. The van der Waals surface area contributed by atoms with E-state index in [9.17, 15) is 18.0 Å². The molecule has 1 N–H and O–H groups in total. The van der Waals surface area contributed by atoms with Crippen molar-refractivity contribution in [3.8, 4) is 0 Å². The number of alkyl halides is 3. The number of pyridine rings is 1. The molecular formula is C20H27F3N2O5. The lowest BCUT2D eigenvalue weighted by molar-refractivity contribution is -0.204. The highest BCUT2D eigenvalue weighted by Gasteiger charge is 2.49. The van der Waals surface area contributed by atoms with Crippen LogP contribution in [0.25, 0.3) is 0 Å². The van der Waals surface area contributed by atoms with E-state index in [0.29, 0.717) is 26.3 Å². The molecule has 0 saturated carbocycles. The number of likely N-dealkylation sites (tertiary alicyclic amines) is 1. The minimum atomic E-state index is -5.08. The molecule has 1 amide bonds.